The van der Waals surface area contributed by atoms with Gasteiger partial charge in [0, 0.05) is 6.61 Å². The maximum absolute atomic E-state index is 11.8. The lowest BCUT2D eigenvalue weighted by molar-refractivity contribution is 0.287. The summed E-state index contributed by atoms with van der Waals surface area (Å²) in [5.74, 6) is -0.584. The molecule has 2 nitrogen and oxygen atoms in total. The minimum atomic E-state index is -0.584. The van der Waals surface area contributed by atoms with Gasteiger partial charge in [0.1, 0.15) is 5.83 Å². The first-order chi connectivity index (χ1) is 3.81. The van der Waals surface area contributed by atoms with Gasteiger partial charge in [-0.3, -0.25) is 0 Å². The molecule has 0 aliphatic heterocycles. The van der Waals surface area contributed by atoms with Gasteiger partial charge in [-0.2, -0.15) is 0 Å². The molecule has 0 aromatic rings. The molecule has 0 aromatic carbocycles. The molecule has 0 aromatic heterocycles. The third-order valence-electron chi connectivity index (χ3n) is 0.646. The highest BCUT2D eigenvalue weighted by Crippen LogP contribution is 1.94. The Morgan fingerprint density at radius 1 is 1.50 bits per heavy atom. The van der Waals surface area contributed by atoms with Crippen molar-refractivity contribution in [1.82, 2.24) is 0 Å². The highest BCUT2D eigenvalue weighted by Gasteiger charge is 1.86. The third-order valence-corrected chi connectivity index (χ3v) is 0.646. The number of halogens is 1. The van der Waals surface area contributed by atoms with Crippen LogP contribution in [0.3, 0.4) is 0 Å². The Balaban J connectivity index is 3.26. The molecule has 0 aliphatic carbocycles. The van der Waals surface area contributed by atoms with Crippen LogP contribution in [0.1, 0.15) is 6.42 Å². The maximum Gasteiger partial charge on any atom is 0.121 e. The van der Waals surface area contributed by atoms with Crippen molar-refractivity contribution in [3.63, 3.8) is 0 Å². The van der Waals surface area contributed by atoms with E-state index in [0.29, 0.717) is 0 Å². The lowest BCUT2D eigenvalue weighted by Gasteiger charge is -1.86. The van der Waals surface area contributed by atoms with Crippen LogP contribution in [0.4, 0.5) is 4.39 Å². The zero-order valence-electron chi connectivity index (χ0n) is 4.47. The van der Waals surface area contributed by atoms with Crippen molar-refractivity contribution in [3.05, 3.63) is 11.9 Å². The van der Waals surface area contributed by atoms with Crippen LogP contribution in [-0.4, -0.2) is 23.4 Å². The first kappa shape index (κ1) is 7.59. The summed E-state index contributed by atoms with van der Waals surface area (Å²) in [6.07, 6.45) is 1.42. The fraction of sp³-hybridized carbons (Fsp3) is 0.600. The van der Waals surface area contributed by atoms with E-state index in [1.165, 1.54) is 0 Å². The third kappa shape index (κ3) is 3.77. The Labute approximate surface area is 47.3 Å². The summed E-state index contributed by atoms with van der Waals surface area (Å²) in [4.78, 5) is 0. The summed E-state index contributed by atoms with van der Waals surface area (Å²) in [7, 11) is 0. The van der Waals surface area contributed by atoms with Crippen molar-refractivity contribution in [2.45, 2.75) is 6.42 Å². The van der Waals surface area contributed by atoms with Crippen LogP contribution in [0, 0.1) is 0 Å². The summed E-state index contributed by atoms with van der Waals surface area (Å²) >= 11 is 0. The fourth-order valence-corrected chi connectivity index (χ4v) is 0.286. The van der Waals surface area contributed by atoms with E-state index in [9.17, 15) is 4.39 Å². The van der Waals surface area contributed by atoms with Crippen LogP contribution >= 0.6 is 0 Å². The van der Waals surface area contributed by atoms with E-state index >= 15 is 0 Å². The molecule has 48 valence electrons. The van der Waals surface area contributed by atoms with Crippen LogP contribution in [-0.2, 0) is 0 Å². The van der Waals surface area contributed by atoms with Gasteiger partial charge < -0.3 is 10.2 Å². The van der Waals surface area contributed by atoms with E-state index in [0.717, 1.165) is 6.08 Å². The van der Waals surface area contributed by atoms with Crippen LogP contribution < -0.4 is 0 Å². The molecule has 0 heterocycles. The molecule has 0 saturated carbocycles. The van der Waals surface area contributed by atoms with Crippen LogP contribution in [0.15, 0.2) is 11.9 Å². The van der Waals surface area contributed by atoms with Gasteiger partial charge in [-0.15, -0.1) is 0 Å². The zero-order valence-corrected chi connectivity index (χ0v) is 4.47. The van der Waals surface area contributed by atoms with Gasteiger partial charge >= 0.3 is 0 Å². The molecule has 0 saturated heterocycles. The summed E-state index contributed by atoms with van der Waals surface area (Å²) < 4.78 is 11.8. The lowest BCUT2D eigenvalue weighted by Crippen LogP contribution is -1.83. The standard InChI is InChI=1S/C5H9FO2/c6-5(4-8)2-1-3-7/h2,7-8H,1,3-4H2/b5-2+. The highest BCUT2D eigenvalue weighted by molar-refractivity contribution is 4.90. The van der Waals surface area contributed by atoms with Gasteiger partial charge in [0.15, 0.2) is 0 Å². The molecule has 0 unspecified atom stereocenters. The molecular formula is C5H9FO2. The SMILES string of the molecule is OCC/C=C(/F)CO. The summed E-state index contributed by atoms with van der Waals surface area (Å²) in [6.45, 7) is -0.645. The Hall–Kier alpha value is -0.410. The Morgan fingerprint density at radius 2 is 2.12 bits per heavy atom. The zero-order chi connectivity index (χ0) is 6.41. The van der Waals surface area contributed by atoms with Gasteiger partial charge in [0.05, 0.1) is 6.61 Å². The molecule has 8 heavy (non-hydrogen) atoms. The van der Waals surface area contributed by atoms with E-state index in [1.54, 1.807) is 0 Å². The van der Waals surface area contributed by atoms with Crippen molar-refractivity contribution in [1.29, 1.82) is 0 Å². The molecule has 0 aliphatic rings. The lowest BCUT2D eigenvalue weighted by atomic mass is 10.4. The molecule has 0 spiro atoms. The van der Waals surface area contributed by atoms with E-state index in [4.69, 9.17) is 10.2 Å². The number of hydrogen-bond donors (Lipinski definition) is 2. The van der Waals surface area contributed by atoms with Gasteiger partial charge in [-0.25, -0.2) is 4.39 Å². The van der Waals surface area contributed by atoms with Crippen molar-refractivity contribution in [2.75, 3.05) is 13.2 Å². The Bertz CT molecular complexity index is 80.5. The van der Waals surface area contributed by atoms with Crippen LogP contribution in [0.2, 0.25) is 0 Å². The fourth-order valence-electron chi connectivity index (χ4n) is 0.286. The van der Waals surface area contributed by atoms with Crippen LogP contribution in [0.25, 0.3) is 0 Å². The molecular weight excluding hydrogens is 111 g/mol. The number of rotatable bonds is 3. The molecule has 3 heteroatoms. The number of aliphatic hydroxyl groups is 2. The van der Waals surface area contributed by atoms with E-state index in [1.807, 2.05) is 0 Å². The average Bonchev–Trinajstić information content (AvgIpc) is 1.83. The molecule has 0 rings (SSSR count). The van der Waals surface area contributed by atoms with Gasteiger partial charge in [-0.05, 0) is 12.5 Å². The molecule has 2 N–H and O–H groups in total. The van der Waals surface area contributed by atoms with Gasteiger partial charge in [0.2, 0.25) is 0 Å². The van der Waals surface area contributed by atoms with Crippen molar-refractivity contribution < 1.29 is 14.6 Å². The predicted octanol–water partition coefficient (Wildman–Crippen LogP) is 0.214. The average molecular weight is 120 g/mol. The second-order valence-corrected chi connectivity index (χ2v) is 1.32. The normalized spacial score (nSPS) is 12.1. The topological polar surface area (TPSA) is 40.5 Å². The minimum absolute atomic E-state index is 0.0760. The first-order valence-electron chi connectivity index (χ1n) is 2.37. The summed E-state index contributed by atoms with van der Waals surface area (Å²) in [6, 6.07) is 0. The van der Waals surface area contributed by atoms with E-state index < -0.39 is 12.4 Å². The number of hydrogen-bond acceptors (Lipinski definition) is 2. The largest absolute Gasteiger partial charge is 0.396 e. The Morgan fingerprint density at radius 3 is 2.50 bits per heavy atom. The first-order valence-corrected chi connectivity index (χ1v) is 2.37. The van der Waals surface area contributed by atoms with E-state index in [-0.39, 0.29) is 13.0 Å². The maximum atomic E-state index is 11.8. The van der Waals surface area contributed by atoms with Crippen molar-refractivity contribution in [3.8, 4) is 0 Å². The second kappa shape index (κ2) is 4.74. The van der Waals surface area contributed by atoms with Gasteiger partial charge in [-0.1, -0.05) is 0 Å². The predicted molar refractivity (Wildman–Crippen MR) is 28.0 cm³/mol. The monoisotopic (exact) mass is 120 g/mol. The minimum Gasteiger partial charge on any atom is -0.396 e. The van der Waals surface area contributed by atoms with Gasteiger partial charge in [0.25, 0.3) is 0 Å². The molecule has 0 amide bonds. The summed E-state index contributed by atoms with van der Waals surface area (Å²) in [5, 5.41) is 16.2. The second-order valence-electron chi connectivity index (χ2n) is 1.32. The number of aliphatic hydroxyl groups excluding tert-OH is 2. The molecule has 0 bridgehead atoms. The Kier molecular flexibility index (Phi) is 4.50. The molecule has 0 fully saturated rings. The quantitative estimate of drug-likeness (QED) is 0.559. The summed E-state index contributed by atoms with van der Waals surface area (Å²) in [5.41, 5.74) is 0. The van der Waals surface area contributed by atoms with Crippen molar-refractivity contribution in [2.24, 2.45) is 0 Å². The molecule has 0 atom stereocenters. The van der Waals surface area contributed by atoms with Crippen molar-refractivity contribution >= 4 is 0 Å². The van der Waals surface area contributed by atoms with Crippen LogP contribution in [0.5, 0.6) is 0 Å². The van der Waals surface area contributed by atoms with E-state index in [2.05, 4.69) is 0 Å². The molecule has 0 radical (unpaired) electrons. The highest BCUT2D eigenvalue weighted by atomic mass is 19.1. The smallest absolute Gasteiger partial charge is 0.121 e.